The molecule has 2 aromatic carbocycles. The lowest BCUT2D eigenvalue weighted by Gasteiger charge is -2.51. The molecule has 2 aromatic heterocycles. The zero-order valence-corrected chi connectivity index (χ0v) is 25.9. The van der Waals surface area contributed by atoms with Crippen LogP contribution in [0.15, 0.2) is 60.9 Å². The number of ether oxygens (including phenoxy) is 4. The first-order chi connectivity index (χ1) is 21.6. The quantitative estimate of drug-likeness (QED) is 0.159. The van der Waals surface area contributed by atoms with Crippen LogP contribution in [0.1, 0.15) is 43.7 Å². The van der Waals surface area contributed by atoms with Gasteiger partial charge in [-0.3, -0.25) is 19.0 Å². The van der Waals surface area contributed by atoms with E-state index in [4.69, 9.17) is 30.5 Å². The van der Waals surface area contributed by atoms with Crippen molar-refractivity contribution in [2.75, 3.05) is 24.6 Å². The van der Waals surface area contributed by atoms with Crippen molar-refractivity contribution in [3.63, 3.8) is 0 Å². The van der Waals surface area contributed by atoms with E-state index in [1.165, 1.54) is 43.8 Å². The molecular formula is C32H32ClN5O7. The van der Waals surface area contributed by atoms with Gasteiger partial charge in [-0.05, 0) is 29.7 Å². The van der Waals surface area contributed by atoms with Gasteiger partial charge in [-0.15, -0.1) is 0 Å². The molecule has 4 aromatic rings. The van der Waals surface area contributed by atoms with E-state index < -0.39 is 42.4 Å². The Morgan fingerprint density at radius 3 is 2.20 bits per heavy atom. The highest BCUT2D eigenvalue weighted by molar-refractivity contribution is 6.28. The summed E-state index contributed by atoms with van der Waals surface area (Å²) in [6.45, 7) is 6.78. The maximum atomic E-state index is 12.2. The van der Waals surface area contributed by atoms with Crippen LogP contribution in [-0.2, 0) is 38.7 Å². The van der Waals surface area contributed by atoms with Gasteiger partial charge in [0, 0.05) is 33.9 Å². The van der Waals surface area contributed by atoms with E-state index >= 15 is 0 Å². The highest BCUT2D eigenvalue weighted by atomic mass is 35.5. The number of aromatic nitrogens is 4. The van der Waals surface area contributed by atoms with Crippen LogP contribution in [0.3, 0.4) is 0 Å². The van der Waals surface area contributed by atoms with Crippen LogP contribution in [0, 0.1) is 6.92 Å². The van der Waals surface area contributed by atoms with Crippen LogP contribution in [0.4, 0.5) is 5.82 Å². The number of rotatable bonds is 8. The summed E-state index contributed by atoms with van der Waals surface area (Å²) >= 11 is 6.50. The van der Waals surface area contributed by atoms with Crippen molar-refractivity contribution in [3.05, 3.63) is 82.9 Å². The Morgan fingerprint density at radius 1 is 0.911 bits per heavy atom. The number of imidazole rings is 1. The number of anilines is 1. The number of hydrogen-bond acceptors (Lipinski definition) is 11. The lowest BCUT2D eigenvalue weighted by Crippen LogP contribution is -2.60. The smallest absolute Gasteiger partial charge is 0.303 e. The van der Waals surface area contributed by atoms with Gasteiger partial charge in [0.15, 0.2) is 35.4 Å². The van der Waals surface area contributed by atoms with Crippen molar-refractivity contribution in [2.45, 2.75) is 57.6 Å². The number of carbonyl (C=O) groups is 3. The van der Waals surface area contributed by atoms with Crippen LogP contribution < -0.4 is 4.90 Å². The van der Waals surface area contributed by atoms with Crippen LogP contribution in [0.2, 0.25) is 5.28 Å². The monoisotopic (exact) mass is 633 g/mol. The minimum absolute atomic E-state index is 0.0122. The van der Waals surface area contributed by atoms with E-state index in [1.807, 2.05) is 18.2 Å². The van der Waals surface area contributed by atoms with E-state index in [2.05, 4.69) is 63.2 Å². The molecule has 0 radical (unpaired) electrons. The van der Waals surface area contributed by atoms with Crippen molar-refractivity contribution in [3.8, 4) is 0 Å². The third-order valence-electron chi connectivity index (χ3n) is 8.14. The molecule has 0 saturated carbocycles. The molecule has 4 atom stereocenters. The summed E-state index contributed by atoms with van der Waals surface area (Å²) in [6, 6.07) is 18.9. The Labute approximate surface area is 264 Å². The Balaban J connectivity index is 1.37. The number of esters is 3. The number of halogens is 1. The first kappa shape index (κ1) is 30.5. The summed E-state index contributed by atoms with van der Waals surface area (Å²) in [5.74, 6) is -1.25. The summed E-state index contributed by atoms with van der Waals surface area (Å²) in [5.41, 5.74) is 4.07. The molecule has 45 heavy (non-hydrogen) atoms. The highest BCUT2D eigenvalue weighted by Crippen LogP contribution is 2.44. The summed E-state index contributed by atoms with van der Waals surface area (Å²) in [6.07, 6.45) is -2.64. The van der Waals surface area contributed by atoms with Gasteiger partial charge >= 0.3 is 17.9 Å². The molecule has 2 aliphatic rings. The number of fused-ring (bicyclic) bond motifs is 1. The zero-order valence-electron chi connectivity index (χ0n) is 25.2. The molecule has 0 aliphatic carbocycles. The Morgan fingerprint density at radius 2 is 1.56 bits per heavy atom. The van der Waals surface area contributed by atoms with Crippen LogP contribution in [0.5, 0.6) is 0 Å². The third kappa shape index (κ3) is 5.83. The zero-order chi connectivity index (χ0) is 31.9. The maximum Gasteiger partial charge on any atom is 0.303 e. The predicted molar refractivity (Wildman–Crippen MR) is 163 cm³/mol. The molecule has 2 saturated heterocycles. The fraction of sp³-hybridized carbons (Fsp3) is 0.375. The summed E-state index contributed by atoms with van der Waals surface area (Å²) in [4.78, 5) is 51.5. The standard InChI is InChI=1S/C32H32ClN5O7/c1-18-10-12-23(13-11-18)32(22-8-6-5-7-9-22)15-37(16-32)28-25-29(36-31(33)35-28)38(17-34-25)30-27(44-21(4)41)26(43-20(3)40)24(45-30)14-42-19(2)39/h5-13,17,24,26-27,30H,14-16H2,1-4H3. The third-order valence-corrected chi connectivity index (χ3v) is 8.31. The molecule has 0 amide bonds. The van der Waals surface area contributed by atoms with Crippen molar-refractivity contribution in [1.82, 2.24) is 19.5 Å². The van der Waals surface area contributed by atoms with Gasteiger partial charge < -0.3 is 23.8 Å². The summed E-state index contributed by atoms with van der Waals surface area (Å²) < 4.78 is 24.0. The van der Waals surface area contributed by atoms with Gasteiger partial charge in [-0.1, -0.05) is 60.2 Å². The number of hydrogen-bond donors (Lipinski definition) is 0. The first-order valence-corrected chi connectivity index (χ1v) is 14.8. The lowest BCUT2D eigenvalue weighted by molar-refractivity contribution is -0.166. The Kier molecular flexibility index (Phi) is 8.19. The second-order valence-corrected chi connectivity index (χ2v) is 11.7. The summed E-state index contributed by atoms with van der Waals surface area (Å²) in [5, 5.41) is -0.0122. The number of carbonyl (C=O) groups excluding carboxylic acids is 3. The molecule has 2 fully saturated rings. The molecular weight excluding hydrogens is 602 g/mol. The average molecular weight is 634 g/mol. The Hall–Kier alpha value is -4.55. The van der Waals surface area contributed by atoms with Crippen LogP contribution >= 0.6 is 11.6 Å². The number of nitrogens with zero attached hydrogens (tertiary/aromatic N) is 5. The molecule has 4 unspecified atom stereocenters. The summed E-state index contributed by atoms with van der Waals surface area (Å²) in [7, 11) is 0. The van der Waals surface area contributed by atoms with Gasteiger partial charge in [0.2, 0.25) is 5.28 Å². The fourth-order valence-electron chi connectivity index (χ4n) is 6.12. The van der Waals surface area contributed by atoms with E-state index in [0.717, 1.165) is 0 Å². The first-order valence-electron chi connectivity index (χ1n) is 14.5. The SMILES string of the molecule is CC(=O)OCC1OC(n2cnc3c(N4CC(c5ccccc5)(c5ccc(C)cc5)C4)nc(Cl)nc32)C(OC(C)=O)C1OC(C)=O. The van der Waals surface area contributed by atoms with E-state index in [1.54, 1.807) is 4.57 Å². The predicted octanol–water partition coefficient (Wildman–Crippen LogP) is 3.92. The fourth-order valence-corrected chi connectivity index (χ4v) is 6.28. The minimum Gasteiger partial charge on any atom is -0.463 e. The van der Waals surface area contributed by atoms with Crippen LogP contribution in [-0.4, -0.2) is 75.4 Å². The highest BCUT2D eigenvalue weighted by Gasteiger charge is 2.52. The van der Waals surface area contributed by atoms with Gasteiger partial charge in [0.05, 0.1) is 11.7 Å². The molecule has 12 nitrogen and oxygen atoms in total. The lowest BCUT2D eigenvalue weighted by atomic mass is 9.68. The molecule has 13 heteroatoms. The maximum absolute atomic E-state index is 12.2. The van der Waals surface area contributed by atoms with Gasteiger partial charge in [-0.25, -0.2) is 4.98 Å². The molecule has 0 N–H and O–H groups in total. The molecule has 6 rings (SSSR count). The average Bonchev–Trinajstić information content (AvgIpc) is 3.53. The second-order valence-electron chi connectivity index (χ2n) is 11.3. The molecule has 234 valence electrons. The van der Waals surface area contributed by atoms with Crippen molar-refractivity contribution in [1.29, 1.82) is 0 Å². The van der Waals surface area contributed by atoms with Gasteiger partial charge in [-0.2, -0.15) is 9.97 Å². The number of aryl methyl sites for hydroxylation is 1. The van der Waals surface area contributed by atoms with Gasteiger partial charge in [0.1, 0.15) is 12.7 Å². The van der Waals surface area contributed by atoms with Crippen LogP contribution in [0.25, 0.3) is 11.2 Å². The molecule has 0 spiro atoms. The second kappa shape index (κ2) is 12.1. The minimum atomic E-state index is -1.10. The molecule has 4 heterocycles. The number of benzene rings is 2. The normalized spacial score (nSPS) is 22.1. The van der Waals surface area contributed by atoms with E-state index in [9.17, 15) is 14.4 Å². The van der Waals surface area contributed by atoms with Crippen molar-refractivity contribution in [2.24, 2.45) is 0 Å². The largest absolute Gasteiger partial charge is 0.463 e. The van der Waals surface area contributed by atoms with Crippen molar-refractivity contribution >= 4 is 46.5 Å². The van der Waals surface area contributed by atoms with E-state index in [-0.39, 0.29) is 17.3 Å². The molecule has 0 bridgehead atoms. The molecule has 2 aliphatic heterocycles. The van der Waals surface area contributed by atoms with E-state index in [0.29, 0.717) is 30.1 Å². The van der Waals surface area contributed by atoms with Crippen molar-refractivity contribution < 1.29 is 33.3 Å². The Bertz CT molecular complexity index is 1740. The van der Waals surface area contributed by atoms with Gasteiger partial charge in [0.25, 0.3) is 0 Å². The topological polar surface area (TPSA) is 135 Å².